The number of rotatable bonds is 6. The van der Waals surface area contributed by atoms with Gasteiger partial charge in [-0.3, -0.25) is 4.79 Å². The van der Waals surface area contributed by atoms with Gasteiger partial charge in [-0.25, -0.2) is 4.79 Å². The molecule has 0 aliphatic heterocycles. The number of carboxylic acids is 1. The van der Waals surface area contributed by atoms with E-state index in [9.17, 15) is 9.59 Å². The maximum Gasteiger partial charge on any atom is 0.407 e. The van der Waals surface area contributed by atoms with Crippen molar-refractivity contribution in [3.05, 3.63) is 10.4 Å². The molecule has 1 saturated carbocycles. The lowest BCUT2D eigenvalue weighted by atomic mass is 9.97. The summed E-state index contributed by atoms with van der Waals surface area (Å²) in [6, 6.07) is -0.566. The molecule has 4 N–H and O–H groups in total. The van der Waals surface area contributed by atoms with Crippen LogP contribution in [0, 0.1) is 0 Å². The third-order valence-corrected chi connectivity index (χ3v) is 3.45. The molecule has 1 aliphatic rings. The van der Waals surface area contributed by atoms with E-state index < -0.39 is 23.7 Å². The Balaban J connectivity index is 0.000000676. The molecule has 9 heteroatoms. The SMILES string of the molecule is CC(C)(C)OC(=O)NCCCC(N=[N+]=[N-])C(=O)O.NC1CCCCC1. The number of ether oxygens (including phenoxy) is 1. The number of carbonyl (C=O) groups excluding carboxylic acids is 1. The molecule has 1 aliphatic carbocycles. The highest BCUT2D eigenvalue weighted by molar-refractivity contribution is 5.73. The number of hydrogen-bond acceptors (Lipinski definition) is 5. The first-order valence-electron chi connectivity index (χ1n) is 8.65. The Kier molecular flexibility index (Phi) is 11.4. The molecule has 0 aromatic rings. The molecule has 0 aromatic carbocycles. The predicted octanol–water partition coefficient (Wildman–Crippen LogP) is 3.33. The van der Waals surface area contributed by atoms with E-state index in [1.165, 1.54) is 32.1 Å². The molecule has 0 heterocycles. The monoisotopic (exact) mass is 357 g/mol. The number of hydrogen-bond donors (Lipinski definition) is 3. The molecular weight excluding hydrogens is 326 g/mol. The van der Waals surface area contributed by atoms with Crippen molar-refractivity contribution in [3.8, 4) is 0 Å². The van der Waals surface area contributed by atoms with Crippen molar-refractivity contribution in [1.82, 2.24) is 5.32 Å². The molecule has 1 atom stereocenters. The number of nitrogens with two attached hydrogens (primary N) is 1. The minimum atomic E-state index is -1.18. The lowest BCUT2D eigenvalue weighted by Crippen LogP contribution is -2.33. The lowest BCUT2D eigenvalue weighted by molar-refractivity contribution is -0.138. The van der Waals surface area contributed by atoms with Gasteiger partial charge in [0.25, 0.3) is 0 Å². The number of nitrogens with zero attached hydrogens (tertiary/aromatic N) is 3. The van der Waals surface area contributed by atoms with Gasteiger partial charge in [0.05, 0.1) is 0 Å². The highest BCUT2D eigenvalue weighted by Crippen LogP contribution is 2.14. The van der Waals surface area contributed by atoms with E-state index >= 15 is 0 Å². The number of carboxylic acid groups (broad SMARTS) is 1. The molecule has 0 spiro atoms. The van der Waals surface area contributed by atoms with Crippen molar-refractivity contribution in [3.63, 3.8) is 0 Å². The molecule has 0 saturated heterocycles. The summed E-state index contributed by atoms with van der Waals surface area (Å²) in [6.45, 7) is 5.50. The number of amides is 1. The zero-order chi connectivity index (χ0) is 19.3. The third kappa shape index (κ3) is 14.1. The topological polar surface area (TPSA) is 150 Å². The van der Waals surface area contributed by atoms with Gasteiger partial charge >= 0.3 is 12.1 Å². The van der Waals surface area contributed by atoms with Gasteiger partial charge in [0.2, 0.25) is 0 Å². The van der Waals surface area contributed by atoms with Gasteiger partial charge < -0.3 is 20.9 Å². The van der Waals surface area contributed by atoms with Crippen LogP contribution >= 0.6 is 0 Å². The summed E-state index contributed by atoms with van der Waals surface area (Å²) in [7, 11) is 0. The second-order valence-electron chi connectivity index (χ2n) is 7.03. The Morgan fingerprint density at radius 3 is 2.36 bits per heavy atom. The maximum atomic E-state index is 11.2. The van der Waals surface area contributed by atoms with Crippen molar-refractivity contribution in [2.24, 2.45) is 10.8 Å². The van der Waals surface area contributed by atoms with Crippen LogP contribution in [0.4, 0.5) is 4.79 Å². The van der Waals surface area contributed by atoms with Crippen LogP contribution < -0.4 is 11.1 Å². The van der Waals surface area contributed by atoms with Crippen molar-refractivity contribution in [2.45, 2.75) is 83.4 Å². The first-order chi connectivity index (χ1) is 11.7. The second kappa shape index (κ2) is 12.4. The molecule has 144 valence electrons. The summed E-state index contributed by atoms with van der Waals surface area (Å²) < 4.78 is 4.99. The molecule has 0 radical (unpaired) electrons. The quantitative estimate of drug-likeness (QED) is 0.288. The van der Waals surface area contributed by atoms with E-state index in [1.54, 1.807) is 20.8 Å². The van der Waals surface area contributed by atoms with E-state index in [4.69, 9.17) is 21.1 Å². The fraction of sp³-hybridized carbons (Fsp3) is 0.875. The molecule has 1 rings (SSSR count). The Bertz CT molecular complexity index is 450. The summed E-state index contributed by atoms with van der Waals surface area (Å²) in [5.74, 6) is -1.18. The number of azide groups is 1. The van der Waals surface area contributed by atoms with Crippen molar-refractivity contribution in [2.75, 3.05) is 6.54 Å². The molecule has 1 amide bonds. The largest absolute Gasteiger partial charge is 0.481 e. The summed E-state index contributed by atoms with van der Waals surface area (Å²) in [5, 5.41) is 14.3. The Hall–Kier alpha value is -1.99. The molecule has 0 bridgehead atoms. The van der Waals surface area contributed by atoms with Gasteiger partial charge in [-0.15, -0.1) is 0 Å². The summed E-state index contributed by atoms with van der Waals surface area (Å²) in [4.78, 5) is 24.3. The first-order valence-corrected chi connectivity index (χ1v) is 8.65. The lowest BCUT2D eigenvalue weighted by Gasteiger charge is -2.19. The Morgan fingerprint density at radius 2 is 1.96 bits per heavy atom. The average Bonchev–Trinajstić information content (AvgIpc) is 2.50. The van der Waals surface area contributed by atoms with Crippen LogP contribution in [0.25, 0.3) is 10.4 Å². The van der Waals surface area contributed by atoms with E-state index in [-0.39, 0.29) is 13.0 Å². The summed E-state index contributed by atoms with van der Waals surface area (Å²) >= 11 is 0. The van der Waals surface area contributed by atoms with E-state index in [0.717, 1.165) is 0 Å². The normalized spacial score (nSPS) is 15.8. The van der Waals surface area contributed by atoms with Crippen LogP contribution in [-0.4, -0.2) is 41.4 Å². The number of aliphatic carboxylic acids is 1. The van der Waals surface area contributed by atoms with Crippen LogP contribution in [0.2, 0.25) is 0 Å². The van der Waals surface area contributed by atoms with Crippen LogP contribution in [-0.2, 0) is 9.53 Å². The van der Waals surface area contributed by atoms with Gasteiger partial charge in [-0.05, 0) is 52.0 Å². The zero-order valence-corrected chi connectivity index (χ0v) is 15.4. The first kappa shape index (κ1) is 23.0. The van der Waals surface area contributed by atoms with Crippen molar-refractivity contribution < 1.29 is 19.4 Å². The van der Waals surface area contributed by atoms with Crippen LogP contribution in [0.15, 0.2) is 5.11 Å². The minimum Gasteiger partial charge on any atom is -0.481 e. The smallest absolute Gasteiger partial charge is 0.407 e. The molecule has 0 aromatic heterocycles. The predicted molar refractivity (Wildman–Crippen MR) is 95.1 cm³/mol. The third-order valence-electron chi connectivity index (χ3n) is 3.45. The average molecular weight is 357 g/mol. The number of nitrogens with one attached hydrogen (secondary N) is 1. The van der Waals surface area contributed by atoms with Gasteiger partial charge in [0.1, 0.15) is 11.6 Å². The maximum absolute atomic E-state index is 11.2. The Labute approximate surface area is 148 Å². The highest BCUT2D eigenvalue weighted by Gasteiger charge is 2.17. The van der Waals surface area contributed by atoms with Gasteiger partial charge in [-0.2, -0.15) is 0 Å². The minimum absolute atomic E-state index is 0.162. The van der Waals surface area contributed by atoms with Crippen molar-refractivity contribution in [1.29, 1.82) is 0 Å². The molecule has 25 heavy (non-hydrogen) atoms. The standard InChI is InChI=1S/C10H18N4O4.C6H13N/c1-10(2,3)18-9(17)12-6-4-5-7(8(15)16)13-14-11;7-6-4-2-1-3-5-6/h7H,4-6H2,1-3H3,(H,12,17)(H,15,16);6H,1-5,7H2. The summed E-state index contributed by atoms with van der Waals surface area (Å²) in [5.41, 5.74) is 13.2. The summed E-state index contributed by atoms with van der Waals surface area (Å²) in [6.07, 6.45) is 6.65. The van der Waals surface area contributed by atoms with Crippen LogP contribution in [0.3, 0.4) is 0 Å². The zero-order valence-electron chi connectivity index (χ0n) is 15.4. The molecular formula is C16H31N5O4. The molecule has 1 fully saturated rings. The van der Waals surface area contributed by atoms with E-state index in [0.29, 0.717) is 12.5 Å². The van der Waals surface area contributed by atoms with Crippen molar-refractivity contribution >= 4 is 12.1 Å². The second-order valence-corrected chi connectivity index (χ2v) is 7.03. The van der Waals surface area contributed by atoms with Gasteiger partial charge in [-0.1, -0.05) is 24.4 Å². The number of carbonyl (C=O) groups is 2. The van der Waals surface area contributed by atoms with E-state index in [1.807, 2.05) is 0 Å². The fourth-order valence-electron chi connectivity index (χ4n) is 2.23. The van der Waals surface area contributed by atoms with Crippen LogP contribution in [0.1, 0.15) is 65.7 Å². The highest BCUT2D eigenvalue weighted by atomic mass is 16.6. The number of alkyl carbamates (subject to hydrolysis) is 1. The Morgan fingerprint density at radius 1 is 1.36 bits per heavy atom. The van der Waals surface area contributed by atoms with Crippen LogP contribution in [0.5, 0.6) is 0 Å². The van der Waals surface area contributed by atoms with Gasteiger partial charge in [0.15, 0.2) is 0 Å². The van der Waals surface area contributed by atoms with Gasteiger partial charge in [0, 0.05) is 17.5 Å². The molecule has 9 nitrogen and oxygen atoms in total. The fourth-order valence-corrected chi connectivity index (χ4v) is 2.23. The molecule has 1 unspecified atom stereocenters. The van der Waals surface area contributed by atoms with E-state index in [2.05, 4.69) is 15.3 Å².